The van der Waals surface area contributed by atoms with Gasteiger partial charge in [0.1, 0.15) is 11.5 Å². The molecule has 0 fully saturated rings. The van der Waals surface area contributed by atoms with Crippen LogP contribution in [0.1, 0.15) is 17.0 Å². The van der Waals surface area contributed by atoms with Crippen LogP contribution >= 0.6 is 11.6 Å². The molecule has 2 rings (SSSR count). The predicted octanol–water partition coefficient (Wildman–Crippen LogP) is 2.77. The Balaban J connectivity index is 2.57. The summed E-state index contributed by atoms with van der Waals surface area (Å²) >= 11 is 6.01. The van der Waals surface area contributed by atoms with Crippen LogP contribution in [0.2, 0.25) is 5.02 Å². The fourth-order valence-corrected chi connectivity index (χ4v) is 1.80. The SMILES string of the molecule is Cc1nn(-c2ccc(CO)cc2F)c(C)c1Cl. The van der Waals surface area contributed by atoms with Crippen molar-refractivity contribution >= 4 is 11.6 Å². The average Bonchev–Trinajstić information content (AvgIpc) is 2.57. The maximum Gasteiger partial charge on any atom is 0.149 e. The van der Waals surface area contributed by atoms with Crippen molar-refractivity contribution in [1.82, 2.24) is 9.78 Å². The van der Waals surface area contributed by atoms with Gasteiger partial charge in [-0.2, -0.15) is 5.10 Å². The number of aryl methyl sites for hydroxylation is 1. The lowest BCUT2D eigenvalue weighted by atomic mass is 10.2. The van der Waals surface area contributed by atoms with Gasteiger partial charge in [0.25, 0.3) is 0 Å². The van der Waals surface area contributed by atoms with Crippen LogP contribution < -0.4 is 0 Å². The number of hydrogen-bond acceptors (Lipinski definition) is 2. The lowest BCUT2D eigenvalue weighted by molar-refractivity contribution is 0.281. The molecular formula is C12H12ClFN2O. The molecule has 0 bridgehead atoms. The van der Waals surface area contributed by atoms with E-state index in [0.717, 1.165) is 0 Å². The molecule has 0 unspecified atom stereocenters. The van der Waals surface area contributed by atoms with Gasteiger partial charge in [-0.05, 0) is 31.5 Å². The molecule has 3 nitrogen and oxygen atoms in total. The Morgan fingerprint density at radius 3 is 2.59 bits per heavy atom. The first-order valence-corrected chi connectivity index (χ1v) is 5.53. The van der Waals surface area contributed by atoms with Crippen LogP contribution in [-0.4, -0.2) is 14.9 Å². The van der Waals surface area contributed by atoms with E-state index in [1.54, 1.807) is 26.0 Å². The van der Waals surface area contributed by atoms with Gasteiger partial charge in [-0.15, -0.1) is 0 Å². The lowest BCUT2D eigenvalue weighted by Gasteiger charge is -2.07. The third-order valence-electron chi connectivity index (χ3n) is 2.63. The third-order valence-corrected chi connectivity index (χ3v) is 3.17. The van der Waals surface area contributed by atoms with Crippen LogP contribution in [0.3, 0.4) is 0 Å². The molecule has 0 amide bonds. The first kappa shape index (κ1) is 12.1. The van der Waals surface area contributed by atoms with Crippen molar-refractivity contribution in [2.75, 3.05) is 0 Å². The van der Waals surface area contributed by atoms with Crippen molar-refractivity contribution in [3.05, 3.63) is 46.0 Å². The summed E-state index contributed by atoms with van der Waals surface area (Å²) < 4.78 is 15.3. The van der Waals surface area contributed by atoms with E-state index >= 15 is 0 Å². The van der Waals surface area contributed by atoms with E-state index in [1.165, 1.54) is 10.7 Å². The van der Waals surface area contributed by atoms with Gasteiger partial charge in [-0.25, -0.2) is 9.07 Å². The second-order valence-electron chi connectivity index (χ2n) is 3.84. The zero-order valence-corrected chi connectivity index (χ0v) is 10.3. The first-order valence-electron chi connectivity index (χ1n) is 5.16. The molecule has 0 saturated carbocycles. The van der Waals surface area contributed by atoms with E-state index in [0.29, 0.717) is 27.7 Å². The molecule has 0 aliphatic carbocycles. The van der Waals surface area contributed by atoms with Gasteiger partial charge in [0.15, 0.2) is 0 Å². The molecule has 1 aromatic heterocycles. The largest absolute Gasteiger partial charge is 0.392 e. The minimum Gasteiger partial charge on any atom is -0.392 e. The predicted molar refractivity (Wildman–Crippen MR) is 63.9 cm³/mol. The summed E-state index contributed by atoms with van der Waals surface area (Å²) in [6.07, 6.45) is 0. The molecular weight excluding hydrogens is 243 g/mol. The fraction of sp³-hybridized carbons (Fsp3) is 0.250. The molecule has 5 heteroatoms. The van der Waals surface area contributed by atoms with E-state index in [-0.39, 0.29) is 6.61 Å². The maximum atomic E-state index is 13.8. The molecule has 2 aromatic rings. The Hall–Kier alpha value is -1.39. The highest BCUT2D eigenvalue weighted by atomic mass is 35.5. The third kappa shape index (κ3) is 2.06. The Morgan fingerprint density at radius 1 is 1.41 bits per heavy atom. The number of aliphatic hydroxyl groups is 1. The molecule has 90 valence electrons. The van der Waals surface area contributed by atoms with Crippen LogP contribution in [-0.2, 0) is 6.61 Å². The summed E-state index contributed by atoms with van der Waals surface area (Å²) in [5, 5.41) is 13.6. The van der Waals surface area contributed by atoms with Crippen LogP contribution in [0, 0.1) is 19.7 Å². The Kier molecular flexibility index (Phi) is 3.17. The number of hydrogen-bond donors (Lipinski definition) is 1. The zero-order chi connectivity index (χ0) is 12.6. The topological polar surface area (TPSA) is 38.0 Å². The van der Waals surface area contributed by atoms with E-state index in [1.807, 2.05) is 0 Å². The van der Waals surface area contributed by atoms with E-state index in [9.17, 15) is 4.39 Å². The van der Waals surface area contributed by atoms with E-state index in [2.05, 4.69) is 5.10 Å². The smallest absolute Gasteiger partial charge is 0.149 e. The molecule has 0 aliphatic heterocycles. The van der Waals surface area contributed by atoms with Crippen molar-refractivity contribution in [3.63, 3.8) is 0 Å². The molecule has 0 aliphatic rings. The van der Waals surface area contributed by atoms with Crippen molar-refractivity contribution in [2.24, 2.45) is 0 Å². The molecule has 1 heterocycles. The van der Waals surface area contributed by atoms with Gasteiger partial charge in [0.2, 0.25) is 0 Å². The highest BCUT2D eigenvalue weighted by molar-refractivity contribution is 6.31. The number of rotatable bonds is 2. The Morgan fingerprint density at radius 2 is 2.12 bits per heavy atom. The van der Waals surface area contributed by atoms with Crippen LogP contribution in [0.5, 0.6) is 0 Å². The maximum absolute atomic E-state index is 13.8. The minimum absolute atomic E-state index is 0.185. The lowest BCUT2D eigenvalue weighted by Crippen LogP contribution is -2.02. The average molecular weight is 255 g/mol. The molecule has 1 aromatic carbocycles. The molecule has 0 spiro atoms. The van der Waals surface area contributed by atoms with Crippen molar-refractivity contribution in [1.29, 1.82) is 0 Å². The first-order chi connectivity index (χ1) is 8.04. The normalized spacial score (nSPS) is 10.9. The quantitative estimate of drug-likeness (QED) is 0.895. The Labute approximate surface area is 103 Å². The number of aliphatic hydroxyl groups excluding tert-OH is 1. The highest BCUT2D eigenvalue weighted by Crippen LogP contribution is 2.24. The minimum atomic E-state index is -0.432. The molecule has 1 N–H and O–H groups in total. The molecule has 0 radical (unpaired) electrons. The van der Waals surface area contributed by atoms with Crippen LogP contribution in [0.15, 0.2) is 18.2 Å². The molecule has 17 heavy (non-hydrogen) atoms. The summed E-state index contributed by atoms with van der Waals surface area (Å²) in [6, 6.07) is 4.53. The molecule has 0 atom stereocenters. The van der Waals surface area contributed by atoms with Gasteiger partial charge in [-0.3, -0.25) is 0 Å². The van der Waals surface area contributed by atoms with Crippen molar-refractivity contribution < 1.29 is 9.50 Å². The van der Waals surface area contributed by atoms with Gasteiger partial charge in [0, 0.05) is 0 Å². The summed E-state index contributed by atoms with van der Waals surface area (Å²) in [5.74, 6) is -0.432. The fourth-order valence-electron chi connectivity index (χ4n) is 1.68. The number of aromatic nitrogens is 2. The van der Waals surface area contributed by atoms with Gasteiger partial charge in [0.05, 0.1) is 23.0 Å². The van der Waals surface area contributed by atoms with Crippen molar-refractivity contribution in [3.8, 4) is 5.69 Å². The summed E-state index contributed by atoms with van der Waals surface area (Å²) in [7, 11) is 0. The standard InChI is InChI=1S/C12H12ClFN2O/c1-7-12(13)8(2)16(15-7)11-4-3-9(6-17)5-10(11)14/h3-5,17H,6H2,1-2H3. The summed E-state index contributed by atoms with van der Waals surface area (Å²) in [5.41, 5.74) is 2.21. The van der Waals surface area contributed by atoms with E-state index < -0.39 is 5.82 Å². The Bertz CT molecular complexity index is 566. The van der Waals surface area contributed by atoms with Crippen LogP contribution in [0.25, 0.3) is 5.69 Å². The zero-order valence-electron chi connectivity index (χ0n) is 9.54. The highest BCUT2D eigenvalue weighted by Gasteiger charge is 2.13. The molecule has 0 saturated heterocycles. The number of nitrogens with zero attached hydrogens (tertiary/aromatic N) is 2. The number of benzene rings is 1. The number of halogens is 2. The van der Waals surface area contributed by atoms with Gasteiger partial charge >= 0.3 is 0 Å². The van der Waals surface area contributed by atoms with Gasteiger partial charge < -0.3 is 5.11 Å². The second kappa shape index (κ2) is 4.47. The van der Waals surface area contributed by atoms with Gasteiger partial charge in [-0.1, -0.05) is 17.7 Å². The van der Waals surface area contributed by atoms with E-state index in [4.69, 9.17) is 16.7 Å². The van der Waals surface area contributed by atoms with Crippen LogP contribution in [0.4, 0.5) is 4.39 Å². The summed E-state index contributed by atoms with van der Waals surface area (Å²) in [4.78, 5) is 0. The monoisotopic (exact) mass is 254 g/mol. The summed E-state index contributed by atoms with van der Waals surface area (Å²) in [6.45, 7) is 3.36. The van der Waals surface area contributed by atoms with Crippen molar-refractivity contribution in [2.45, 2.75) is 20.5 Å². The second-order valence-corrected chi connectivity index (χ2v) is 4.22.